The average molecular weight is 296 g/mol. The van der Waals surface area contributed by atoms with Crippen LogP contribution in [-0.4, -0.2) is 29.8 Å². The van der Waals surface area contributed by atoms with Crippen LogP contribution < -0.4 is 5.32 Å². The van der Waals surface area contributed by atoms with Gasteiger partial charge in [0.2, 0.25) is 11.8 Å². The Kier molecular flexibility index (Phi) is 4.09. The molecule has 1 aliphatic heterocycles. The second-order valence-corrected chi connectivity index (χ2v) is 5.86. The van der Waals surface area contributed by atoms with Crippen molar-refractivity contribution in [1.82, 2.24) is 4.90 Å². The number of hydrogen-bond donors (Lipinski definition) is 1. The first kappa shape index (κ1) is 14.6. The van der Waals surface area contributed by atoms with E-state index in [-0.39, 0.29) is 17.7 Å². The minimum atomic E-state index is -0.121. The standard InChI is InChI=1S/C18H20N2O2/c1-13(21)20-10-4-7-16(12-20)18(22)19-17-9-8-14-5-2-3-6-15(14)11-17/h2-3,5-6,8-9,11,16H,4,7,10,12H2,1H3,(H,19,22)/t16-/m1/s1. The van der Waals surface area contributed by atoms with Gasteiger partial charge < -0.3 is 10.2 Å². The Labute approximate surface area is 130 Å². The molecule has 1 aliphatic rings. The molecule has 0 aromatic heterocycles. The Morgan fingerprint density at radius 1 is 1.14 bits per heavy atom. The van der Waals surface area contributed by atoms with Gasteiger partial charge in [0, 0.05) is 25.7 Å². The first-order valence-electron chi connectivity index (χ1n) is 7.68. The van der Waals surface area contributed by atoms with E-state index in [0.29, 0.717) is 6.54 Å². The van der Waals surface area contributed by atoms with Gasteiger partial charge in [0.15, 0.2) is 0 Å². The van der Waals surface area contributed by atoms with Crippen molar-refractivity contribution in [1.29, 1.82) is 0 Å². The number of carbonyl (C=O) groups excluding carboxylic acids is 2. The van der Waals surface area contributed by atoms with E-state index in [1.54, 1.807) is 11.8 Å². The highest BCUT2D eigenvalue weighted by Gasteiger charge is 2.26. The van der Waals surface area contributed by atoms with Crippen LogP contribution in [0.4, 0.5) is 5.69 Å². The molecule has 1 fully saturated rings. The van der Waals surface area contributed by atoms with E-state index in [0.717, 1.165) is 35.8 Å². The van der Waals surface area contributed by atoms with Crippen molar-refractivity contribution < 1.29 is 9.59 Å². The van der Waals surface area contributed by atoms with Gasteiger partial charge in [-0.3, -0.25) is 9.59 Å². The smallest absolute Gasteiger partial charge is 0.229 e. The number of nitrogens with zero attached hydrogens (tertiary/aromatic N) is 1. The average Bonchev–Trinajstić information content (AvgIpc) is 2.55. The Hall–Kier alpha value is -2.36. The third kappa shape index (κ3) is 3.11. The zero-order valence-corrected chi connectivity index (χ0v) is 12.7. The van der Waals surface area contributed by atoms with Crippen LogP contribution in [0.25, 0.3) is 10.8 Å². The molecule has 2 amide bonds. The molecule has 22 heavy (non-hydrogen) atoms. The summed E-state index contributed by atoms with van der Waals surface area (Å²) < 4.78 is 0. The number of likely N-dealkylation sites (tertiary alicyclic amines) is 1. The maximum absolute atomic E-state index is 12.4. The van der Waals surface area contributed by atoms with Gasteiger partial charge in [-0.05, 0) is 35.7 Å². The van der Waals surface area contributed by atoms with Crippen molar-refractivity contribution >= 4 is 28.3 Å². The summed E-state index contributed by atoms with van der Waals surface area (Å²) >= 11 is 0. The minimum Gasteiger partial charge on any atom is -0.342 e. The molecule has 1 atom stereocenters. The van der Waals surface area contributed by atoms with E-state index < -0.39 is 0 Å². The molecule has 3 rings (SSSR count). The molecular formula is C18H20N2O2. The quantitative estimate of drug-likeness (QED) is 0.926. The van der Waals surface area contributed by atoms with Crippen molar-refractivity contribution in [2.24, 2.45) is 5.92 Å². The number of anilines is 1. The number of nitrogens with one attached hydrogen (secondary N) is 1. The van der Waals surface area contributed by atoms with Gasteiger partial charge in [-0.1, -0.05) is 30.3 Å². The third-order valence-corrected chi connectivity index (χ3v) is 4.25. The molecule has 0 radical (unpaired) electrons. The van der Waals surface area contributed by atoms with E-state index in [2.05, 4.69) is 5.32 Å². The fourth-order valence-electron chi connectivity index (χ4n) is 2.99. The molecule has 1 saturated heterocycles. The molecule has 0 spiro atoms. The second-order valence-electron chi connectivity index (χ2n) is 5.86. The van der Waals surface area contributed by atoms with Crippen LogP contribution in [0.5, 0.6) is 0 Å². The lowest BCUT2D eigenvalue weighted by Gasteiger charge is -2.31. The molecule has 0 unspecified atom stereocenters. The summed E-state index contributed by atoms with van der Waals surface area (Å²) in [5.41, 5.74) is 0.809. The van der Waals surface area contributed by atoms with Crippen LogP contribution in [0.2, 0.25) is 0 Å². The van der Waals surface area contributed by atoms with Gasteiger partial charge in [0.1, 0.15) is 0 Å². The predicted molar refractivity (Wildman–Crippen MR) is 87.6 cm³/mol. The number of hydrogen-bond acceptors (Lipinski definition) is 2. The van der Waals surface area contributed by atoms with Gasteiger partial charge >= 0.3 is 0 Å². The molecule has 4 heteroatoms. The van der Waals surface area contributed by atoms with Crippen LogP contribution >= 0.6 is 0 Å². The predicted octanol–water partition coefficient (Wildman–Crippen LogP) is 3.04. The molecule has 0 aliphatic carbocycles. The summed E-state index contributed by atoms with van der Waals surface area (Å²) in [7, 11) is 0. The second kappa shape index (κ2) is 6.18. The summed E-state index contributed by atoms with van der Waals surface area (Å²) in [4.78, 5) is 25.6. The van der Waals surface area contributed by atoms with E-state index in [4.69, 9.17) is 0 Å². The van der Waals surface area contributed by atoms with Crippen LogP contribution in [0.1, 0.15) is 19.8 Å². The van der Waals surface area contributed by atoms with Crippen LogP contribution in [0.3, 0.4) is 0 Å². The molecule has 2 aromatic carbocycles. The molecule has 0 saturated carbocycles. The first-order chi connectivity index (χ1) is 10.6. The SMILES string of the molecule is CC(=O)N1CCC[C@@H](C(=O)Nc2ccc3ccccc3c2)C1. The number of rotatable bonds is 2. The van der Waals surface area contributed by atoms with E-state index in [9.17, 15) is 9.59 Å². The summed E-state index contributed by atoms with van der Waals surface area (Å²) in [6, 6.07) is 14.0. The molecule has 1 heterocycles. The maximum atomic E-state index is 12.4. The normalized spacial score (nSPS) is 18.2. The molecule has 2 aromatic rings. The van der Waals surface area contributed by atoms with Gasteiger partial charge in [-0.15, -0.1) is 0 Å². The lowest BCUT2D eigenvalue weighted by atomic mass is 9.97. The lowest BCUT2D eigenvalue weighted by molar-refractivity contribution is -0.132. The van der Waals surface area contributed by atoms with Crippen molar-refractivity contribution in [3.63, 3.8) is 0 Å². The van der Waals surface area contributed by atoms with Crippen LogP contribution in [-0.2, 0) is 9.59 Å². The van der Waals surface area contributed by atoms with Crippen molar-refractivity contribution in [3.8, 4) is 0 Å². The van der Waals surface area contributed by atoms with Crippen LogP contribution in [0.15, 0.2) is 42.5 Å². The number of carbonyl (C=O) groups is 2. The Morgan fingerprint density at radius 3 is 2.68 bits per heavy atom. The Bertz CT molecular complexity index is 711. The number of benzene rings is 2. The van der Waals surface area contributed by atoms with Crippen molar-refractivity contribution in [3.05, 3.63) is 42.5 Å². The van der Waals surface area contributed by atoms with E-state index in [1.807, 2.05) is 42.5 Å². The highest BCUT2D eigenvalue weighted by molar-refractivity contribution is 5.96. The minimum absolute atomic E-state index is 0.00114. The number of amides is 2. The summed E-state index contributed by atoms with van der Waals surface area (Å²) in [5, 5.41) is 5.25. The van der Waals surface area contributed by atoms with E-state index >= 15 is 0 Å². The highest BCUT2D eigenvalue weighted by Crippen LogP contribution is 2.22. The number of piperidine rings is 1. The summed E-state index contributed by atoms with van der Waals surface area (Å²) in [6.07, 6.45) is 1.72. The lowest BCUT2D eigenvalue weighted by Crippen LogP contribution is -2.42. The largest absolute Gasteiger partial charge is 0.342 e. The maximum Gasteiger partial charge on any atom is 0.229 e. The highest BCUT2D eigenvalue weighted by atomic mass is 16.2. The summed E-state index contributed by atoms with van der Waals surface area (Å²) in [6.45, 7) is 2.84. The fraction of sp³-hybridized carbons (Fsp3) is 0.333. The monoisotopic (exact) mass is 296 g/mol. The number of fused-ring (bicyclic) bond motifs is 1. The molecular weight excluding hydrogens is 276 g/mol. The zero-order chi connectivity index (χ0) is 15.5. The zero-order valence-electron chi connectivity index (χ0n) is 12.7. The van der Waals surface area contributed by atoms with Gasteiger partial charge in [-0.2, -0.15) is 0 Å². The van der Waals surface area contributed by atoms with Gasteiger partial charge in [0.05, 0.1) is 5.92 Å². The molecule has 1 N–H and O–H groups in total. The molecule has 114 valence electrons. The Morgan fingerprint density at radius 2 is 1.91 bits per heavy atom. The Balaban J connectivity index is 1.71. The topological polar surface area (TPSA) is 49.4 Å². The van der Waals surface area contributed by atoms with Crippen LogP contribution in [0, 0.1) is 5.92 Å². The van der Waals surface area contributed by atoms with Gasteiger partial charge in [-0.25, -0.2) is 0 Å². The van der Waals surface area contributed by atoms with E-state index in [1.165, 1.54) is 0 Å². The van der Waals surface area contributed by atoms with Crippen molar-refractivity contribution in [2.45, 2.75) is 19.8 Å². The third-order valence-electron chi connectivity index (χ3n) is 4.25. The molecule has 0 bridgehead atoms. The van der Waals surface area contributed by atoms with Gasteiger partial charge in [0.25, 0.3) is 0 Å². The summed E-state index contributed by atoms with van der Waals surface area (Å²) in [5.74, 6) is -0.0754. The fourth-order valence-corrected chi connectivity index (χ4v) is 2.99. The first-order valence-corrected chi connectivity index (χ1v) is 7.68. The molecule has 4 nitrogen and oxygen atoms in total. The van der Waals surface area contributed by atoms with Crippen molar-refractivity contribution in [2.75, 3.05) is 18.4 Å².